The molecule has 0 amide bonds. The van der Waals surface area contributed by atoms with Crippen LogP contribution in [-0.4, -0.2) is 37.9 Å². The van der Waals surface area contributed by atoms with E-state index in [2.05, 4.69) is 10.2 Å². The van der Waals surface area contributed by atoms with Crippen LogP contribution in [0.4, 0.5) is 0 Å². The molecule has 0 saturated heterocycles. The molecule has 0 aliphatic carbocycles. The Hall–Kier alpha value is -1.45. The minimum atomic E-state index is -4.17. The highest BCUT2D eigenvalue weighted by Gasteiger charge is 2.30. The van der Waals surface area contributed by atoms with Gasteiger partial charge in [0.15, 0.2) is 15.7 Å². The number of halogens is 1. The normalized spacial score (nSPS) is 14.0. The highest BCUT2D eigenvalue weighted by molar-refractivity contribution is 8.13. The Labute approximate surface area is 126 Å². The number of para-hydroxylation sites is 1. The molecule has 0 fully saturated rings. The lowest BCUT2D eigenvalue weighted by Gasteiger charge is -2.12. The number of benzene rings is 1. The summed E-state index contributed by atoms with van der Waals surface area (Å²) >= 11 is 0. The van der Waals surface area contributed by atoms with Crippen LogP contribution in [-0.2, 0) is 18.9 Å². The third-order valence-corrected chi connectivity index (χ3v) is 5.51. The van der Waals surface area contributed by atoms with Gasteiger partial charge >= 0.3 is 0 Å². The first-order valence-corrected chi connectivity index (χ1v) is 10.0. The quantitative estimate of drug-likeness (QED) is 0.771. The molecule has 0 spiro atoms. The van der Waals surface area contributed by atoms with Gasteiger partial charge in [-0.05, 0) is 19.1 Å². The maximum atomic E-state index is 11.7. The zero-order valence-electron chi connectivity index (χ0n) is 11.1. The van der Waals surface area contributed by atoms with Crippen molar-refractivity contribution in [1.82, 2.24) is 14.8 Å². The second kappa shape index (κ2) is 5.39. The molecule has 0 aliphatic rings. The van der Waals surface area contributed by atoms with E-state index in [-0.39, 0.29) is 5.82 Å². The molecule has 10 heteroatoms. The SMILES string of the molecule is CC(c1nnc(S(=O)(=O)Cl)n1-c1ccccc1)S(C)(=O)=O. The Balaban J connectivity index is 2.78. The lowest BCUT2D eigenvalue weighted by atomic mass is 10.3. The first-order valence-electron chi connectivity index (χ1n) is 5.76. The molecule has 21 heavy (non-hydrogen) atoms. The van der Waals surface area contributed by atoms with Gasteiger partial charge in [-0.1, -0.05) is 18.2 Å². The Morgan fingerprint density at radius 3 is 2.14 bits per heavy atom. The van der Waals surface area contributed by atoms with E-state index in [0.717, 1.165) is 10.8 Å². The molecule has 0 bridgehead atoms. The molecule has 7 nitrogen and oxygen atoms in total. The summed E-state index contributed by atoms with van der Waals surface area (Å²) in [4.78, 5) is 0. The highest BCUT2D eigenvalue weighted by Crippen LogP contribution is 2.26. The van der Waals surface area contributed by atoms with Crippen LogP contribution >= 0.6 is 10.7 Å². The van der Waals surface area contributed by atoms with Crippen LogP contribution in [0.25, 0.3) is 5.69 Å². The van der Waals surface area contributed by atoms with Crippen LogP contribution in [0.3, 0.4) is 0 Å². The highest BCUT2D eigenvalue weighted by atomic mass is 35.7. The van der Waals surface area contributed by atoms with Crippen LogP contribution in [0.1, 0.15) is 18.0 Å². The van der Waals surface area contributed by atoms with Gasteiger partial charge in [-0.25, -0.2) is 16.8 Å². The molecule has 0 saturated carbocycles. The summed E-state index contributed by atoms with van der Waals surface area (Å²) < 4.78 is 47.8. The zero-order valence-corrected chi connectivity index (χ0v) is 13.5. The van der Waals surface area contributed by atoms with Crippen molar-refractivity contribution in [2.24, 2.45) is 0 Å². The van der Waals surface area contributed by atoms with Crippen LogP contribution in [0, 0.1) is 0 Å². The summed E-state index contributed by atoms with van der Waals surface area (Å²) in [6.45, 7) is 1.41. The molecule has 1 heterocycles. The monoisotopic (exact) mass is 349 g/mol. The summed E-state index contributed by atoms with van der Waals surface area (Å²) in [5.41, 5.74) is 0.409. The first kappa shape index (κ1) is 15.9. The van der Waals surface area contributed by atoms with Gasteiger partial charge in [0.05, 0.1) is 0 Å². The van der Waals surface area contributed by atoms with Gasteiger partial charge in [0.1, 0.15) is 5.25 Å². The van der Waals surface area contributed by atoms with Gasteiger partial charge < -0.3 is 0 Å². The fraction of sp³-hybridized carbons (Fsp3) is 0.273. The third-order valence-electron chi connectivity index (χ3n) is 2.90. The smallest absolute Gasteiger partial charge is 0.268 e. The van der Waals surface area contributed by atoms with Gasteiger partial charge in [-0.3, -0.25) is 4.57 Å². The Kier molecular flexibility index (Phi) is 4.09. The minimum Gasteiger partial charge on any atom is -0.268 e. The number of rotatable bonds is 4. The summed E-state index contributed by atoms with van der Waals surface area (Å²) in [6.07, 6.45) is 1.04. The van der Waals surface area contributed by atoms with Gasteiger partial charge in [0.2, 0.25) is 0 Å². The Morgan fingerprint density at radius 2 is 1.67 bits per heavy atom. The number of sulfone groups is 1. The zero-order chi connectivity index (χ0) is 15.8. The van der Waals surface area contributed by atoms with Gasteiger partial charge in [-0.15, -0.1) is 10.2 Å². The molecular formula is C11H12ClN3O4S2. The average Bonchev–Trinajstić information content (AvgIpc) is 2.82. The van der Waals surface area contributed by atoms with Crippen LogP contribution < -0.4 is 0 Å². The topological polar surface area (TPSA) is 99.0 Å². The summed E-state index contributed by atoms with van der Waals surface area (Å²) in [6, 6.07) is 8.30. The van der Waals surface area contributed by atoms with E-state index < -0.39 is 29.3 Å². The van der Waals surface area contributed by atoms with E-state index in [4.69, 9.17) is 10.7 Å². The Morgan fingerprint density at radius 1 is 1.10 bits per heavy atom. The molecular weight excluding hydrogens is 338 g/mol. The number of nitrogens with zero attached hydrogens (tertiary/aromatic N) is 3. The van der Waals surface area contributed by atoms with Crippen LogP contribution in [0.5, 0.6) is 0 Å². The summed E-state index contributed by atoms with van der Waals surface area (Å²) in [5.74, 6) is -0.0112. The molecule has 1 unspecified atom stereocenters. The molecule has 1 atom stereocenters. The maximum absolute atomic E-state index is 11.7. The lowest BCUT2D eigenvalue weighted by Crippen LogP contribution is -2.15. The molecule has 0 N–H and O–H groups in total. The van der Waals surface area contributed by atoms with Crippen LogP contribution in [0.15, 0.2) is 35.5 Å². The predicted octanol–water partition coefficient (Wildman–Crippen LogP) is 1.30. The van der Waals surface area contributed by atoms with E-state index in [9.17, 15) is 16.8 Å². The van der Waals surface area contributed by atoms with Gasteiger partial charge in [0.25, 0.3) is 14.2 Å². The average molecular weight is 350 g/mol. The number of aromatic nitrogens is 3. The van der Waals surface area contributed by atoms with Gasteiger partial charge in [0, 0.05) is 22.6 Å². The molecule has 0 radical (unpaired) electrons. The van der Waals surface area contributed by atoms with Crippen molar-refractivity contribution in [3.63, 3.8) is 0 Å². The molecule has 114 valence electrons. The van der Waals surface area contributed by atoms with E-state index in [1.807, 2.05) is 0 Å². The standard InChI is InChI=1S/C11H12ClN3O4S2/c1-8(20(2,16)17)10-13-14-11(21(12,18)19)15(10)9-6-4-3-5-7-9/h3-8H,1-2H3. The second-order valence-electron chi connectivity index (χ2n) is 4.42. The summed E-state index contributed by atoms with van der Waals surface area (Å²) in [7, 11) is -2.31. The van der Waals surface area contributed by atoms with Crippen molar-refractivity contribution in [2.75, 3.05) is 6.26 Å². The first-order chi connectivity index (χ1) is 9.62. The fourth-order valence-corrected chi connectivity index (χ4v) is 3.10. The van der Waals surface area contributed by atoms with E-state index >= 15 is 0 Å². The van der Waals surface area contributed by atoms with Crippen molar-refractivity contribution in [3.05, 3.63) is 36.2 Å². The van der Waals surface area contributed by atoms with E-state index in [1.165, 1.54) is 6.92 Å². The van der Waals surface area contributed by atoms with Crippen molar-refractivity contribution in [3.8, 4) is 5.69 Å². The van der Waals surface area contributed by atoms with E-state index in [1.54, 1.807) is 30.3 Å². The van der Waals surface area contributed by atoms with Crippen LogP contribution in [0.2, 0.25) is 0 Å². The summed E-state index contributed by atoms with van der Waals surface area (Å²) in [5, 5.41) is 5.68. The molecule has 0 aliphatic heterocycles. The molecule has 2 aromatic rings. The van der Waals surface area contributed by atoms with Gasteiger partial charge in [-0.2, -0.15) is 0 Å². The fourth-order valence-electron chi connectivity index (χ4n) is 1.71. The van der Waals surface area contributed by atoms with Crippen molar-refractivity contribution in [1.29, 1.82) is 0 Å². The van der Waals surface area contributed by atoms with Crippen molar-refractivity contribution < 1.29 is 16.8 Å². The second-order valence-corrected chi connectivity index (χ2v) is 9.25. The number of hydrogen-bond donors (Lipinski definition) is 0. The maximum Gasteiger partial charge on any atom is 0.297 e. The minimum absolute atomic E-state index is 0.0112. The lowest BCUT2D eigenvalue weighted by molar-refractivity contribution is 0.584. The van der Waals surface area contributed by atoms with Crippen molar-refractivity contribution >= 4 is 29.6 Å². The third kappa shape index (κ3) is 3.25. The Bertz CT molecular complexity index is 860. The molecule has 1 aromatic heterocycles. The number of hydrogen-bond acceptors (Lipinski definition) is 6. The predicted molar refractivity (Wildman–Crippen MR) is 77.7 cm³/mol. The molecule has 1 aromatic carbocycles. The largest absolute Gasteiger partial charge is 0.297 e. The van der Waals surface area contributed by atoms with E-state index in [0.29, 0.717) is 5.69 Å². The molecule has 2 rings (SSSR count). The van der Waals surface area contributed by atoms with Crippen molar-refractivity contribution in [2.45, 2.75) is 17.3 Å².